The average Bonchev–Trinajstić information content (AvgIpc) is 3.03. The van der Waals surface area contributed by atoms with E-state index in [0.717, 1.165) is 28.3 Å². The molecule has 0 fully saturated rings. The van der Waals surface area contributed by atoms with E-state index in [0.29, 0.717) is 4.88 Å². The lowest BCUT2D eigenvalue weighted by molar-refractivity contribution is 0.0604. The summed E-state index contributed by atoms with van der Waals surface area (Å²) < 4.78 is 6.86. The zero-order valence-corrected chi connectivity index (χ0v) is 14.0. The largest absolute Gasteiger partial charge is 0.465 e. The molecule has 0 aliphatic carbocycles. The minimum absolute atomic E-state index is 0.291. The molecule has 0 bridgehead atoms. The third-order valence-electron chi connectivity index (χ3n) is 3.78. The van der Waals surface area contributed by atoms with Gasteiger partial charge in [0.2, 0.25) is 0 Å². The Kier molecular flexibility index (Phi) is 3.74. The van der Waals surface area contributed by atoms with Crippen LogP contribution in [0.1, 0.15) is 33.4 Å². The number of methoxy groups -OCH3 is 1. The molecule has 22 heavy (non-hydrogen) atoms. The van der Waals surface area contributed by atoms with Gasteiger partial charge in [-0.15, -0.1) is 0 Å². The van der Waals surface area contributed by atoms with E-state index in [2.05, 4.69) is 32.0 Å². The summed E-state index contributed by atoms with van der Waals surface area (Å²) in [7, 11) is 1.41. The van der Waals surface area contributed by atoms with Crippen molar-refractivity contribution in [1.29, 1.82) is 0 Å². The quantitative estimate of drug-likeness (QED) is 0.686. The van der Waals surface area contributed by atoms with Gasteiger partial charge in [0.05, 0.1) is 12.8 Å². The number of ether oxygens (including phenoxy) is 1. The summed E-state index contributed by atoms with van der Waals surface area (Å²) >= 11 is 1.38. The minimum atomic E-state index is -0.291. The molecule has 2 aromatic heterocycles. The summed E-state index contributed by atoms with van der Waals surface area (Å²) in [6.07, 6.45) is 2.77. The van der Waals surface area contributed by atoms with Gasteiger partial charge >= 0.3 is 5.97 Å². The molecule has 2 heterocycles. The first-order chi connectivity index (χ1) is 10.5. The highest BCUT2D eigenvalue weighted by atomic mass is 32.1. The van der Waals surface area contributed by atoms with Crippen molar-refractivity contribution >= 4 is 22.3 Å². The van der Waals surface area contributed by atoms with E-state index >= 15 is 0 Å². The minimum Gasteiger partial charge on any atom is -0.465 e. The Morgan fingerprint density at radius 2 is 2.14 bits per heavy atom. The molecule has 4 nitrogen and oxygen atoms in total. The molecule has 0 aliphatic heterocycles. The first-order valence-electron chi connectivity index (χ1n) is 7.21. The van der Waals surface area contributed by atoms with E-state index in [1.54, 1.807) is 0 Å². The van der Waals surface area contributed by atoms with Crippen LogP contribution in [0.5, 0.6) is 0 Å². The van der Waals surface area contributed by atoms with Crippen LogP contribution in [0, 0.1) is 13.8 Å². The van der Waals surface area contributed by atoms with Gasteiger partial charge < -0.3 is 4.74 Å². The number of rotatable bonds is 3. The summed E-state index contributed by atoms with van der Waals surface area (Å²) in [5.41, 5.74) is 5.47. The molecule has 1 aromatic carbocycles. The van der Waals surface area contributed by atoms with Gasteiger partial charge in [-0.05, 0) is 25.8 Å². The van der Waals surface area contributed by atoms with E-state index in [-0.39, 0.29) is 5.97 Å². The highest BCUT2D eigenvalue weighted by Gasteiger charge is 2.20. The maximum Gasteiger partial charge on any atom is 0.349 e. The third kappa shape index (κ3) is 2.31. The maximum absolute atomic E-state index is 11.9. The lowest BCUT2D eigenvalue weighted by Gasteiger charge is -2.03. The Labute approximate surface area is 133 Å². The highest BCUT2D eigenvalue weighted by molar-refractivity contribution is 7.19. The van der Waals surface area contributed by atoms with E-state index in [1.807, 2.05) is 17.5 Å². The van der Waals surface area contributed by atoms with Crippen LogP contribution >= 0.6 is 11.3 Å². The number of esters is 1. The predicted octanol–water partition coefficient (Wildman–Crippen LogP) is 4.03. The van der Waals surface area contributed by atoms with E-state index in [9.17, 15) is 4.79 Å². The van der Waals surface area contributed by atoms with Gasteiger partial charge in [-0.3, -0.25) is 4.40 Å². The van der Waals surface area contributed by atoms with Crippen LogP contribution in [0.2, 0.25) is 0 Å². The SMILES string of the molecule is CCc1c(C(=O)OC)sc2nc(-c3ccc(C)cc3C)cn12. The highest BCUT2D eigenvalue weighted by Crippen LogP contribution is 2.30. The fourth-order valence-electron chi connectivity index (χ4n) is 2.70. The average molecular weight is 314 g/mol. The number of benzene rings is 1. The van der Waals surface area contributed by atoms with E-state index < -0.39 is 0 Å². The van der Waals surface area contributed by atoms with Gasteiger partial charge in [-0.1, -0.05) is 42.0 Å². The van der Waals surface area contributed by atoms with Crippen molar-refractivity contribution in [2.24, 2.45) is 0 Å². The van der Waals surface area contributed by atoms with Crippen LogP contribution in [-0.4, -0.2) is 22.5 Å². The summed E-state index contributed by atoms with van der Waals surface area (Å²) in [5.74, 6) is -0.291. The number of fused-ring (bicyclic) bond motifs is 1. The van der Waals surface area contributed by atoms with Crippen LogP contribution in [0.3, 0.4) is 0 Å². The van der Waals surface area contributed by atoms with Crippen molar-refractivity contribution in [3.05, 3.63) is 46.1 Å². The number of thiazole rings is 1. The molecule has 3 rings (SSSR count). The van der Waals surface area contributed by atoms with Gasteiger partial charge in [0.1, 0.15) is 4.88 Å². The fourth-order valence-corrected chi connectivity index (χ4v) is 3.82. The van der Waals surface area contributed by atoms with Crippen molar-refractivity contribution in [3.63, 3.8) is 0 Å². The molecule has 0 saturated carbocycles. The molecular formula is C17H18N2O2S. The number of aryl methyl sites for hydroxylation is 3. The van der Waals surface area contributed by atoms with Gasteiger partial charge in [-0.25, -0.2) is 9.78 Å². The van der Waals surface area contributed by atoms with Gasteiger partial charge in [0.15, 0.2) is 4.96 Å². The van der Waals surface area contributed by atoms with Crippen molar-refractivity contribution < 1.29 is 9.53 Å². The standard InChI is InChI=1S/C17H18N2O2S/c1-5-14-15(16(20)21-4)22-17-18-13(9-19(14)17)12-7-6-10(2)8-11(12)3/h6-9H,5H2,1-4H3. The fraction of sp³-hybridized carbons (Fsp3) is 0.294. The first-order valence-corrected chi connectivity index (χ1v) is 8.03. The molecular weight excluding hydrogens is 296 g/mol. The number of aromatic nitrogens is 2. The molecule has 0 unspecified atom stereocenters. The van der Waals surface area contributed by atoms with Crippen molar-refractivity contribution in [1.82, 2.24) is 9.38 Å². The Morgan fingerprint density at radius 1 is 1.36 bits per heavy atom. The number of imidazole rings is 1. The van der Waals surface area contributed by atoms with E-state index in [1.165, 1.54) is 29.6 Å². The Hall–Kier alpha value is -2.14. The molecule has 0 aliphatic rings. The second-order valence-electron chi connectivity index (χ2n) is 5.32. The second-order valence-corrected chi connectivity index (χ2v) is 6.30. The molecule has 0 amide bonds. The topological polar surface area (TPSA) is 43.6 Å². The van der Waals surface area contributed by atoms with Gasteiger partial charge in [-0.2, -0.15) is 0 Å². The molecule has 5 heteroatoms. The smallest absolute Gasteiger partial charge is 0.349 e. The normalized spacial score (nSPS) is 11.1. The van der Waals surface area contributed by atoms with Crippen LogP contribution in [0.25, 0.3) is 16.2 Å². The zero-order valence-electron chi connectivity index (χ0n) is 13.1. The number of carbonyl (C=O) groups is 1. The monoisotopic (exact) mass is 314 g/mol. The van der Waals surface area contributed by atoms with Gasteiger partial charge in [0.25, 0.3) is 0 Å². The Balaban J connectivity index is 2.15. The number of hydrogen-bond acceptors (Lipinski definition) is 4. The summed E-state index contributed by atoms with van der Waals surface area (Å²) in [5, 5.41) is 0. The van der Waals surface area contributed by atoms with Gasteiger partial charge in [0, 0.05) is 17.5 Å². The molecule has 0 atom stereocenters. The van der Waals surface area contributed by atoms with Crippen LogP contribution in [0.15, 0.2) is 24.4 Å². The van der Waals surface area contributed by atoms with Crippen LogP contribution in [-0.2, 0) is 11.2 Å². The third-order valence-corrected chi connectivity index (χ3v) is 4.86. The second kappa shape index (κ2) is 5.57. The van der Waals surface area contributed by atoms with E-state index in [4.69, 9.17) is 9.72 Å². The number of hydrogen-bond donors (Lipinski definition) is 0. The van der Waals surface area contributed by atoms with Crippen molar-refractivity contribution in [3.8, 4) is 11.3 Å². The molecule has 0 saturated heterocycles. The summed E-state index contributed by atoms with van der Waals surface area (Å²) in [6, 6.07) is 6.35. The summed E-state index contributed by atoms with van der Waals surface area (Å²) in [6.45, 7) is 6.21. The molecule has 0 spiro atoms. The Bertz CT molecular complexity index is 861. The lowest BCUT2D eigenvalue weighted by Crippen LogP contribution is -2.03. The summed E-state index contributed by atoms with van der Waals surface area (Å²) in [4.78, 5) is 18.0. The first kappa shape index (κ1) is 14.8. The molecule has 0 N–H and O–H groups in total. The maximum atomic E-state index is 11.9. The zero-order chi connectivity index (χ0) is 15.9. The predicted molar refractivity (Wildman–Crippen MR) is 88.7 cm³/mol. The molecule has 3 aromatic rings. The van der Waals surface area contributed by atoms with Crippen LogP contribution in [0.4, 0.5) is 0 Å². The molecule has 114 valence electrons. The number of carbonyl (C=O) groups excluding carboxylic acids is 1. The number of nitrogens with zero attached hydrogens (tertiary/aromatic N) is 2. The molecule has 0 radical (unpaired) electrons. The van der Waals surface area contributed by atoms with Crippen molar-refractivity contribution in [2.45, 2.75) is 27.2 Å². The Morgan fingerprint density at radius 3 is 2.77 bits per heavy atom. The van der Waals surface area contributed by atoms with Crippen LogP contribution < -0.4 is 0 Å². The van der Waals surface area contributed by atoms with Crippen molar-refractivity contribution in [2.75, 3.05) is 7.11 Å². The lowest BCUT2D eigenvalue weighted by atomic mass is 10.0.